The second kappa shape index (κ2) is 11.5. The number of piperidine rings is 1. The van der Waals surface area contributed by atoms with E-state index in [0.29, 0.717) is 12.6 Å². The predicted octanol–water partition coefficient (Wildman–Crippen LogP) is 3.65. The van der Waals surface area contributed by atoms with Crippen molar-refractivity contribution in [2.45, 2.75) is 52.6 Å². The van der Waals surface area contributed by atoms with Crippen LogP contribution in [0, 0.1) is 13.8 Å². The van der Waals surface area contributed by atoms with Crippen LogP contribution in [0.4, 0.5) is 0 Å². The lowest BCUT2D eigenvalue weighted by Gasteiger charge is -2.33. The van der Waals surface area contributed by atoms with Gasteiger partial charge in [-0.3, -0.25) is 9.89 Å². The lowest BCUT2D eigenvalue weighted by molar-refractivity contribution is 0.163. The number of aryl methyl sites for hydroxylation is 2. The van der Waals surface area contributed by atoms with Crippen LogP contribution in [0.15, 0.2) is 35.3 Å². The van der Waals surface area contributed by atoms with E-state index in [9.17, 15) is 0 Å². The molecule has 3 rings (SSSR count). The fourth-order valence-electron chi connectivity index (χ4n) is 3.95. The molecular weight excluding hydrogens is 475 g/mol. The highest BCUT2D eigenvalue weighted by Crippen LogP contribution is 2.17. The van der Waals surface area contributed by atoms with Crippen LogP contribution in [0.5, 0.6) is 0 Å². The smallest absolute Gasteiger partial charge is 0.191 e. The number of para-hydroxylation sites is 1. The number of nitrogens with zero attached hydrogens (tertiary/aromatic N) is 4. The topological polar surface area (TPSA) is 57.5 Å². The third-order valence-electron chi connectivity index (χ3n) is 5.53. The number of hydrogen-bond acceptors (Lipinski definition) is 3. The van der Waals surface area contributed by atoms with Gasteiger partial charge < -0.3 is 10.6 Å². The van der Waals surface area contributed by atoms with Gasteiger partial charge in [-0.1, -0.05) is 24.6 Å². The summed E-state index contributed by atoms with van der Waals surface area (Å²) in [5, 5.41) is 11.5. The molecule has 2 N–H and O–H groups in total. The lowest BCUT2D eigenvalue weighted by atomic mass is 10.0. The number of rotatable bonds is 6. The van der Waals surface area contributed by atoms with E-state index < -0.39 is 0 Å². The highest BCUT2D eigenvalue weighted by atomic mass is 127. The van der Waals surface area contributed by atoms with E-state index in [4.69, 9.17) is 0 Å². The molecule has 1 atom stereocenters. The zero-order valence-corrected chi connectivity index (χ0v) is 20.4. The fraction of sp³-hybridized carbons (Fsp3) is 0.545. The van der Waals surface area contributed by atoms with Crippen molar-refractivity contribution in [3.8, 4) is 5.69 Å². The number of aliphatic imine (C=N–C) groups is 1. The van der Waals surface area contributed by atoms with E-state index in [1.807, 2.05) is 18.7 Å². The Hall–Kier alpha value is -1.61. The number of halogens is 1. The predicted molar refractivity (Wildman–Crippen MR) is 132 cm³/mol. The molecule has 2 aromatic rings. The van der Waals surface area contributed by atoms with Crippen LogP contribution >= 0.6 is 24.0 Å². The summed E-state index contributed by atoms with van der Waals surface area (Å²) in [6.07, 6.45) is 4.00. The molecule has 1 fully saturated rings. The largest absolute Gasteiger partial charge is 0.355 e. The van der Waals surface area contributed by atoms with E-state index in [0.717, 1.165) is 36.1 Å². The normalized spacial score (nSPS) is 17.7. The van der Waals surface area contributed by atoms with Crippen LogP contribution < -0.4 is 10.6 Å². The number of aromatic nitrogens is 2. The summed E-state index contributed by atoms with van der Waals surface area (Å²) in [5.74, 6) is 0.841. The molecule has 0 spiro atoms. The molecule has 0 amide bonds. The monoisotopic (exact) mass is 510 g/mol. The summed E-state index contributed by atoms with van der Waals surface area (Å²) in [7, 11) is 1.83. The molecule has 1 unspecified atom stereocenters. The van der Waals surface area contributed by atoms with Crippen molar-refractivity contribution in [3.05, 3.63) is 47.3 Å². The molecule has 0 bridgehead atoms. The SMILES string of the molecule is CN=C(NCCN1CCCCC1C)NCc1ccccc1-n1nc(C)cc1C.I. The van der Waals surface area contributed by atoms with Crippen molar-refractivity contribution >= 4 is 29.9 Å². The molecule has 0 aliphatic carbocycles. The van der Waals surface area contributed by atoms with Gasteiger partial charge in [0.1, 0.15) is 0 Å². The van der Waals surface area contributed by atoms with Gasteiger partial charge >= 0.3 is 0 Å². The molecule has 29 heavy (non-hydrogen) atoms. The Balaban J connectivity index is 0.00000300. The first-order valence-electron chi connectivity index (χ1n) is 10.4. The first kappa shape index (κ1) is 23.7. The average molecular weight is 510 g/mol. The van der Waals surface area contributed by atoms with E-state index in [-0.39, 0.29) is 24.0 Å². The molecule has 7 heteroatoms. The Morgan fingerprint density at radius 3 is 2.69 bits per heavy atom. The standard InChI is InChI=1S/C22H34N6.HI/c1-17-15-19(3)28(26-17)21-11-6-5-10-20(21)16-25-22(23-4)24-12-14-27-13-8-7-9-18(27)2;/h5-6,10-11,15,18H,7-9,12-14,16H2,1-4H3,(H2,23,24,25);1H. The molecule has 6 nitrogen and oxygen atoms in total. The second-order valence-corrected chi connectivity index (χ2v) is 7.70. The Bertz CT molecular complexity index is 800. The summed E-state index contributed by atoms with van der Waals surface area (Å²) < 4.78 is 2.01. The summed E-state index contributed by atoms with van der Waals surface area (Å²) in [6, 6.07) is 11.2. The van der Waals surface area contributed by atoms with Gasteiger partial charge in [-0.25, -0.2) is 4.68 Å². The number of benzene rings is 1. The maximum absolute atomic E-state index is 4.63. The molecule has 2 heterocycles. The maximum Gasteiger partial charge on any atom is 0.191 e. The van der Waals surface area contributed by atoms with Gasteiger partial charge in [0.2, 0.25) is 0 Å². The Kier molecular flexibility index (Phi) is 9.42. The molecule has 1 aromatic heterocycles. The van der Waals surface area contributed by atoms with Gasteiger partial charge in [0.25, 0.3) is 0 Å². The fourth-order valence-corrected chi connectivity index (χ4v) is 3.95. The van der Waals surface area contributed by atoms with E-state index >= 15 is 0 Å². The van der Waals surface area contributed by atoms with Crippen LogP contribution in [0.2, 0.25) is 0 Å². The van der Waals surface area contributed by atoms with Crippen molar-refractivity contribution in [1.29, 1.82) is 0 Å². The summed E-state index contributed by atoms with van der Waals surface area (Å²) in [5.41, 5.74) is 4.48. The third-order valence-corrected chi connectivity index (χ3v) is 5.53. The average Bonchev–Trinajstić information content (AvgIpc) is 3.04. The number of nitrogens with one attached hydrogen (secondary N) is 2. The van der Waals surface area contributed by atoms with E-state index in [1.54, 1.807) is 0 Å². The minimum Gasteiger partial charge on any atom is -0.355 e. The molecule has 0 saturated carbocycles. The highest BCUT2D eigenvalue weighted by molar-refractivity contribution is 14.0. The molecule has 1 aromatic carbocycles. The Morgan fingerprint density at radius 2 is 2.00 bits per heavy atom. The summed E-state index contributed by atoms with van der Waals surface area (Å²) in [6.45, 7) is 10.3. The van der Waals surface area contributed by atoms with Crippen molar-refractivity contribution < 1.29 is 0 Å². The lowest BCUT2D eigenvalue weighted by Crippen LogP contribution is -2.45. The van der Waals surface area contributed by atoms with Gasteiger partial charge in [0.05, 0.1) is 11.4 Å². The van der Waals surface area contributed by atoms with E-state index in [1.165, 1.54) is 31.4 Å². The molecule has 1 aliphatic rings. The van der Waals surface area contributed by atoms with Crippen LogP contribution in [0.1, 0.15) is 43.1 Å². The summed E-state index contributed by atoms with van der Waals surface area (Å²) >= 11 is 0. The molecule has 0 radical (unpaired) electrons. The highest BCUT2D eigenvalue weighted by Gasteiger charge is 2.17. The molecule has 1 aliphatic heterocycles. The number of guanidine groups is 1. The number of likely N-dealkylation sites (tertiary alicyclic amines) is 1. The van der Waals surface area contributed by atoms with E-state index in [2.05, 4.69) is 69.8 Å². The van der Waals surface area contributed by atoms with Gasteiger partial charge in [0.15, 0.2) is 5.96 Å². The number of hydrogen-bond donors (Lipinski definition) is 2. The minimum atomic E-state index is 0. The van der Waals surface area contributed by atoms with Crippen molar-refractivity contribution in [3.63, 3.8) is 0 Å². The van der Waals surface area contributed by atoms with Gasteiger partial charge in [-0.15, -0.1) is 24.0 Å². The molecule has 160 valence electrons. The van der Waals surface area contributed by atoms with Crippen molar-refractivity contribution in [2.24, 2.45) is 4.99 Å². The van der Waals surface area contributed by atoms with Crippen LogP contribution in [-0.4, -0.2) is 53.4 Å². The van der Waals surface area contributed by atoms with Gasteiger partial charge in [-0.2, -0.15) is 5.10 Å². The van der Waals surface area contributed by atoms with Crippen LogP contribution in [0.3, 0.4) is 0 Å². The quantitative estimate of drug-likeness (QED) is 0.354. The first-order chi connectivity index (χ1) is 13.6. The first-order valence-corrected chi connectivity index (χ1v) is 10.4. The molecule has 1 saturated heterocycles. The maximum atomic E-state index is 4.63. The Labute approximate surface area is 192 Å². The van der Waals surface area contributed by atoms with Crippen molar-refractivity contribution in [2.75, 3.05) is 26.7 Å². The van der Waals surface area contributed by atoms with Crippen LogP contribution in [-0.2, 0) is 6.54 Å². The zero-order valence-electron chi connectivity index (χ0n) is 18.1. The second-order valence-electron chi connectivity index (χ2n) is 7.70. The third kappa shape index (κ3) is 6.44. The Morgan fingerprint density at radius 1 is 1.21 bits per heavy atom. The zero-order chi connectivity index (χ0) is 19.9. The van der Waals surface area contributed by atoms with Gasteiger partial charge in [0, 0.05) is 38.4 Å². The van der Waals surface area contributed by atoms with Crippen LogP contribution in [0.25, 0.3) is 5.69 Å². The molecular formula is C22H35IN6. The summed E-state index contributed by atoms with van der Waals surface area (Å²) in [4.78, 5) is 6.95. The van der Waals surface area contributed by atoms with Crippen molar-refractivity contribution in [1.82, 2.24) is 25.3 Å². The minimum absolute atomic E-state index is 0. The van der Waals surface area contributed by atoms with Gasteiger partial charge in [-0.05, 0) is 57.9 Å².